The highest BCUT2D eigenvalue weighted by atomic mass is 32.2. The number of hydrogen-bond donors (Lipinski definition) is 2. The molecule has 0 unspecified atom stereocenters. The molecular formula is C17H22N4O4S. The lowest BCUT2D eigenvalue weighted by atomic mass is 10.0. The molecular weight excluding hydrogens is 356 g/mol. The van der Waals surface area contributed by atoms with Gasteiger partial charge >= 0.3 is 0 Å². The van der Waals surface area contributed by atoms with Gasteiger partial charge < -0.3 is 15.0 Å². The number of imidazole rings is 1. The number of aromatic nitrogens is 2. The monoisotopic (exact) mass is 378 g/mol. The number of benzene rings is 1. The number of H-pyrrole nitrogens is 1. The second-order valence-corrected chi connectivity index (χ2v) is 8.65. The second-order valence-electron chi connectivity index (χ2n) is 6.42. The zero-order valence-electron chi connectivity index (χ0n) is 14.7. The van der Waals surface area contributed by atoms with Crippen LogP contribution in [0.3, 0.4) is 0 Å². The van der Waals surface area contributed by atoms with Crippen LogP contribution in [-0.4, -0.2) is 67.7 Å². The van der Waals surface area contributed by atoms with Crippen molar-refractivity contribution in [2.24, 2.45) is 5.92 Å². The Balaban J connectivity index is 1.76. The summed E-state index contributed by atoms with van der Waals surface area (Å²) in [7, 11) is -0.375. The van der Waals surface area contributed by atoms with Crippen molar-refractivity contribution >= 4 is 15.9 Å². The molecule has 1 aromatic carbocycles. The minimum atomic E-state index is -3.37. The predicted molar refractivity (Wildman–Crippen MR) is 97.1 cm³/mol. The van der Waals surface area contributed by atoms with Crippen molar-refractivity contribution in [1.82, 2.24) is 19.6 Å². The van der Waals surface area contributed by atoms with Gasteiger partial charge in [-0.2, -0.15) is 0 Å². The maximum atomic E-state index is 12.8. The number of aromatic amines is 1. The largest absolute Gasteiger partial charge is 0.379 e. The van der Waals surface area contributed by atoms with Crippen LogP contribution < -0.4 is 5.32 Å². The molecule has 1 aromatic heterocycles. The molecule has 2 N–H and O–H groups in total. The lowest BCUT2D eigenvalue weighted by Gasteiger charge is -2.21. The summed E-state index contributed by atoms with van der Waals surface area (Å²) >= 11 is 0. The van der Waals surface area contributed by atoms with Crippen molar-refractivity contribution < 1.29 is 17.9 Å². The number of ether oxygens (including phenoxy) is 1. The Morgan fingerprint density at radius 2 is 2.12 bits per heavy atom. The highest BCUT2D eigenvalue weighted by molar-refractivity contribution is 7.89. The molecule has 1 aliphatic rings. The molecule has 0 radical (unpaired) electrons. The third-order valence-corrected chi connectivity index (χ3v) is 6.38. The fourth-order valence-electron chi connectivity index (χ4n) is 2.89. The Labute approximate surface area is 152 Å². The molecule has 1 aliphatic heterocycles. The molecule has 2 atom stereocenters. The number of nitrogens with zero attached hydrogens (tertiary/aromatic N) is 2. The molecule has 2 heterocycles. The van der Waals surface area contributed by atoms with Gasteiger partial charge in [-0.1, -0.05) is 18.2 Å². The van der Waals surface area contributed by atoms with Crippen LogP contribution in [0.25, 0.3) is 11.4 Å². The van der Waals surface area contributed by atoms with Crippen LogP contribution in [0.1, 0.15) is 10.4 Å². The van der Waals surface area contributed by atoms with E-state index in [0.717, 1.165) is 0 Å². The predicted octanol–water partition coefficient (Wildman–Crippen LogP) is 0.713. The topological polar surface area (TPSA) is 104 Å². The van der Waals surface area contributed by atoms with Gasteiger partial charge in [-0.05, 0) is 6.07 Å². The number of nitrogens with one attached hydrogen (secondary N) is 2. The highest BCUT2D eigenvalue weighted by Crippen LogP contribution is 2.22. The van der Waals surface area contributed by atoms with Crippen molar-refractivity contribution in [2.75, 3.05) is 33.1 Å². The first kappa shape index (κ1) is 18.6. The first-order valence-electron chi connectivity index (χ1n) is 8.26. The van der Waals surface area contributed by atoms with Crippen LogP contribution >= 0.6 is 0 Å². The van der Waals surface area contributed by atoms with E-state index < -0.39 is 10.0 Å². The number of hydrogen-bond acceptors (Lipinski definition) is 5. The first-order chi connectivity index (χ1) is 12.4. The molecule has 1 amide bonds. The van der Waals surface area contributed by atoms with Crippen LogP contribution in [-0.2, 0) is 14.8 Å². The quantitative estimate of drug-likeness (QED) is 0.770. The van der Waals surface area contributed by atoms with Crippen LogP contribution in [0, 0.1) is 5.92 Å². The zero-order chi connectivity index (χ0) is 18.7. The fourth-order valence-corrected chi connectivity index (χ4v) is 4.06. The second kappa shape index (κ2) is 7.56. The summed E-state index contributed by atoms with van der Waals surface area (Å²) in [6.45, 7) is 0.597. The van der Waals surface area contributed by atoms with E-state index in [1.165, 1.54) is 18.4 Å². The summed E-state index contributed by atoms with van der Waals surface area (Å²) in [6, 6.07) is 6.78. The summed E-state index contributed by atoms with van der Waals surface area (Å²) in [5.41, 5.74) is 1.16. The van der Waals surface area contributed by atoms with Gasteiger partial charge in [0.15, 0.2) is 0 Å². The van der Waals surface area contributed by atoms with Gasteiger partial charge in [0, 0.05) is 38.0 Å². The van der Waals surface area contributed by atoms with Crippen molar-refractivity contribution in [2.45, 2.75) is 6.04 Å². The third-order valence-electron chi connectivity index (χ3n) is 4.42. The molecule has 26 heavy (non-hydrogen) atoms. The van der Waals surface area contributed by atoms with E-state index in [0.29, 0.717) is 30.2 Å². The Hall–Kier alpha value is -2.23. The standard InChI is InChI=1S/C17H22N4O4S/c1-21(2)26(23,24)11-12-9-25-10-15(12)20-17(22)14-6-4-3-5-13(14)16-18-7-8-19-16/h3-8,12,15H,9-11H2,1-2H3,(H,18,19)(H,20,22)/t12-,15+/m0/s1. The van der Waals surface area contributed by atoms with Crippen molar-refractivity contribution in [3.05, 3.63) is 42.2 Å². The number of amides is 1. The number of carbonyl (C=O) groups excluding carboxylic acids is 1. The number of rotatable bonds is 6. The van der Waals surface area contributed by atoms with Crippen molar-refractivity contribution in [1.29, 1.82) is 0 Å². The summed E-state index contributed by atoms with van der Waals surface area (Å²) < 4.78 is 30.9. The van der Waals surface area contributed by atoms with Gasteiger partial charge in [-0.15, -0.1) is 0 Å². The molecule has 3 rings (SSSR count). The van der Waals surface area contributed by atoms with E-state index in [9.17, 15) is 13.2 Å². The molecule has 2 aromatic rings. The zero-order valence-corrected chi connectivity index (χ0v) is 15.5. The average Bonchev–Trinajstić information content (AvgIpc) is 3.27. The van der Waals surface area contributed by atoms with Crippen molar-refractivity contribution in [3.8, 4) is 11.4 Å². The van der Waals surface area contributed by atoms with Gasteiger partial charge in [-0.25, -0.2) is 17.7 Å². The van der Waals surface area contributed by atoms with E-state index in [1.54, 1.807) is 24.5 Å². The molecule has 9 heteroatoms. The van der Waals surface area contributed by atoms with E-state index in [-0.39, 0.29) is 23.6 Å². The lowest BCUT2D eigenvalue weighted by molar-refractivity contribution is 0.0926. The molecule has 1 saturated heterocycles. The van der Waals surface area contributed by atoms with Gasteiger partial charge in [0.25, 0.3) is 5.91 Å². The van der Waals surface area contributed by atoms with Crippen LogP contribution in [0.4, 0.5) is 0 Å². The van der Waals surface area contributed by atoms with Gasteiger partial charge in [0.2, 0.25) is 10.0 Å². The normalized spacial score (nSPS) is 20.4. The van der Waals surface area contributed by atoms with Crippen LogP contribution in [0.2, 0.25) is 0 Å². The molecule has 1 fully saturated rings. The van der Waals surface area contributed by atoms with Gasteiger partial charge in [-0.3, -0.25) is 4.79 Å². The highest BCUT2D eigenvalue weighted by Gasteiger charge is 2.34. The summed E-state index contributed by atoms with van der Waals surface area (Å²) in [5, 5.41) is 2.92. The maximum Gasteiger partial charge on any atom is 0.252 e. The lowest BCUT2D eigenvalue weighted by Crippen LogP contribution is -2.43. The summed E-state index contributed by atoms with van der Waals surface area (Å²) in [4.78, 5) is 20.0. The third kappa shape index (κ3) is 3.95. The molecule has 0 spiro atoms. The maximum absolute atomic E-state index is 12.8. The number of carbonyl (C=O) groups is 1. The molecule has 140 valence electrons. The molecule has 0 saturated carbocycles. The van der Waals surface area contributed by atoms with Gasteiger partial charge in [0.1, 0.15) is 5.82 Å². The van der Waals surface area contributed by atoms with E-state index in [2.05, 4.69) is 15.3 Å². The van der Waals surface area contributed by atoms with E-state index in [1.807, 2.05) is 12.1 Å². The Kier molecular flexibility index (Phi) is 5.40. The minimum absolute atomic E-state index is 0.0647. The SMILES string of the molecule is CN(C)S(=O)(=O)C[C@@H]1COC[C@H]1NC(=O)c1ccccc1-c1ncc[nH]1. The molecule has 0 bridgehead atoms. The summed E-state index contributed by atoms with van der Waals surface area (Å²) in [6.07, 6.45) is 3.31. The van der Waals surface area contributed by atoms with Crippen LogP contribution in [0.15, 0.2) is 36.7 Å². The minimum Gasteiger partial charge on any atom is -0.379 e. The number of sulfonamides is 1. The first-order valence-corrected chi connectivity index (χ1v) is 9.87. The fraction of sp³-hybridized carbons (Fsp3) is 0.412. The smallest absolute Gasteiger partial charge is 0.252 e. The van der Waals surface area contributed by atoms with E-state index in [4.69, 9.17) is 4.74 Å². The van der Waals surface area contributed by atoms with E-state index >= 15 is 0 Å². The van der Waals surface area contributed by atoms with Crippen LogP contribution in [0.5, 0.6) is 0 Å². The Morgan fingerprint density at radius 1 is 1.35 bits per heavy atom. The summed E-state index contributed by atoms with van der Waals surface area (Å²) in [5.74, 6) is -0.0304. The Morgan fingerprint density at radius 3 is 2.81 bits per heavy atom. The molecule has 8 nitrogen and oxygen atoms in total. The molecule has 0 aliphatic carbocycles. The van der Waals surface area contributed by atoms with Gasteiger partial charge in [0.05, 0.1) is 30.6 Å². The Bertz CT molecular complexity index is 865. The average molecular weight is 378 g/mol. The van der Waals surface area contributed by atoms with Crippen molar-refractivity contribution in [3.63, 3.8) is 0 Å².